The van der Waals surface area contributed by atoms with E-state index in [1.54, 1.807) is 27.8 Å². The number of carbonyl (C=O) groups is 2. The van der Waals surface area contributed by atoms with E-state index in [0.29, 0.717) is 19.4 Å². The molecule has 9 heteroatoms. The van der Waals surface area contributed by atoms with Crippen LogP contribution in [0.3, 0.4) is 0 Å². The van der Waals surface area contributed by atoms with E-state index in [-0.39, 0.29) is 18.3 Å². The molecule has 2 rings (SSSR count). The Morgan fingerprint density at radius 1 is 1.21 bits per heavy atom. The number of alkyl halides is 3. The third kappa shape index (κ3) is 5.77. The molecule has 0 spiro atoms. The number of urea groups is 1. The van der Waals surface area contributed by atoms with E-state index in [2.05, 4.69) is 5.32 Å². The first-order valence-electron chi connectivity index (χ1n) is 9.06. The summed E-state index contributed by atoms with van der Waals surface area (Å²) in [5.74, 6) is 0. The first-order chi connectivity index (χ1) is 12.9. The lowest BCUT2D eigenvalue weighted by Crippen LogP contribution is -2.52. The number of para-hydroxylation sites is 1. The van der Waals surface area contributed by atoms with Crippen molar-refractivity contribution in [3.05, 3.63) is 29.8 Å². The highest BCUT2D eigenvalue weighted by molar-refractivity contribution is 5.90. The van der Waals surface area contributed by atoms with Crippen LogP contribution in [0.25, 0.3) is 0 Å². The molecule has 3 amide bonds. The second kappa shape index (κ2) is 8.28. The number of hydrogen-bond acceptors (Lipinski definition) is 3. The van der Waals surface area contributed by atoms with Crippen molar-refractivity contribution in [3.8, 4) is 0 Å². The monoisotopic (exact) mass is 401 g/mol. The van der Waals surface area contributed by atoms with Gasteiger partial charge in [0.15, 0.2) is 0 Å². The smallest absolute Gasteiger partial charge is 0.418 e. The van der Waals surface area contributed by atoms with Crippen molar-refractivity contribution in [1.29, 1.82) is 0 Å². The molecule has 1 saturated heterocycles. The minimum atomic E-state index is -4.56. The third-order valence-electron chi connectivity index (χ3n) is 4.39. The number of likely N-dealkylation sites (N-methyl/N-ethyl adjacent to an activating group) is 1. The fourth-order valence-corrected chi connectivity index (χ4v) is 2.97. The molecule has 1 aliphatic heterocycles. The summed E-state index contributed by atoms with van der Waals surface area (Å²) in [7, 11) is 1.60. The van der Waals surface area contributed by atoms with Gasteiger partial charge in [0.2, 0.25) is 0 Å². The van der Waals surface area contributed by atoms with E-state index in [0.717, 1.165) is 6.07 Å². The molecule has 0 unspecified atom stereocenters. The Morgan fingerprint density at radius 3 is 2.46 bits per heavy atom. The van der Waals surface area contributed by atoms with Gasteiger partial charge in [0, 0.05) is 20.1 Å². The quantitative estimate of drug-likeness (QED) is 0.790. The molecule has 1 heterocycles. The molecule has 28 heavy (non-hydrogen) atoms. The summed E-state index contributed by atoms with van der Waals surface area (Å²) in [5.41, 5.74) is -1.83. The average molecular weight is 401 g/mol. The summed E-state index contributed by atoms with van der Waals surface area (Å²) < 4.78 is 44.7. The highest BCUT2D eigenvalue weighted by atomic mass is 19.4. The maximum atomic E-state index is 13.1. The Bertz CT molecular complexity index is 716. The largest absolute Gasteiger partial charge is 0.444 e. The Morgan fingerprint density at radius 2 is 1.86 bits per heavy atom. The lowest BCUT2D eigenvalue weighted by molar-refractivity contribution is -0.136. The van der Waals surface area contributed by atoms with Gasteiger partial charge in [0.25, 0.3) is 0 Å². The van der Waals surface area contributed by atoms with Crippen molar-refractivity contribution >= 4 is 17.8 Å². The second-order valence-corrected chi connectivity index (χ2v) is 7.81. The van der Waals surface area contributed by atoms with Crippen molar-refractivity contribution in [2.45, 2.75) is 51.4 Å². The summed E-state index contributed by atoms with van der Waals surface area (Å²) in [6.45, 7) is 5.90. The summed E-state index contributed by atoms with van der Waals surface area (Å²) in [6, 6.07) is 3.94. The Labute approximate surface area is 162 Å². The molecule has 1 atom stereocenters. The van der Waals surface area contributed by atoms with Gasteiger partial charge in [-0.05, 0) is 45.7 Å². The predicted molar refractivity (Wildman–Crippen MR) is 99.1 cm³/mol. The first-order valence-corrected chi connectivity index (χ1v) is 9.06. The predicted octanol–water partition coefficient (Wildman–Crippen LogP) is 4.57. The fraction of sp³-hybridized carbons (Fsp3) is 0.579. The van der Waals surface area contributed by atoms with Crippen molar-refractivity contribution in [1.82, 2.24) is 9.80 Å². The maximum Gasteiger partial charge on any atom is 0.418 e. The zero-order valence-corrected chi connectivity index (χ0v) is 16.5. The zero-order chi connectivity index (χ0) is 21.1. The van der Waals surface area contributed by atoms with Gasteiger partial charge in [0.05, 0.1) is 17.3 Å². The van der Waals surface area contributed by atoms with Gasteiger partial charge in [0.1, 0.15) is 5.60 Å². The SMILES string of the molecule is CN(C(=O)OC(C)(C)C)[C@@H]1CCCN(C(=O)Nc2ccccc2C(F)(F)F)C1. The number of piperidine rings is 1. The van der Waals surface area contributed by atoms with E-state index in [4.69, 9.17) is 4.74 Å². The van der Waals surface area contributed by atoms with Crippen LogP contribution < -0.4 is 5.32 Å². The van der Waals surface area contributed by atoms with Crippen molar-refractivity contribution in [3.63, 3.8) is 0 Å². The van der Waals surface area contributed by atoms with Crippen LogP contribution in [-0.4, -0.2) is 53.7 Å². The zero-order valence-electron chi connectivity index (χ0n) is 16.5. The molecule has 1 aromatic rings. The normalized spacial score (nSPS) is 17.8. The highest BCUT2D eigenvalue weighted by Crippen LogP contribution is 2.34. The highest BCUT2D eigenvalue weighted by Gasteiger charge is 2.35. The van der Waals surface area contributed by atoms with E-state index < -0.39 is 29.5 Å². The second-order valence-electron chi connectivity index (χ2n) is 7.81. The molecule has 0 bridgehead atoms. The summed E-state index contributed by atoms with van der Waals surface area (Å²) in [5, 5.41) is 2.35. The maximum absolute atomic E-state index is 13.1. The van der Waals surface area contributed by atoms with Crippen LogP contribution in [0.1, 0.15) is 39.2 Å². The molecule has 0 aliphatic carbocycles. The molecule has 0 aromatic heterocycles. The van der Waals surface area contributed by atoms with Crippen molar-refractivity contribution < 1.29 is 27.5 Å². The molecule has 6 nitrogen and oxygen atoms in total. The number of carbonyl (C=O) groups excluding carboxylic acids is 2. The van der Waals surface area contributed by atoms with Gasteiger partial charge >= 0.3 is 18.3 Å². The van der Waals surface area contributed by atoms with Crippen LogP contribution in [0.4, 0.5) is 28.4 Å². The minimum absolute atomic E-state index is 0.218. The van der Waals surface area contributed by atoms with Crippen LogP contribution in [0.5, 0.6) is 0 Å². The minimum Gasteiger partial charge on any atom is -0.444 e. The number of hydrogen-bond donors (Lipinski definition) is 1. The Balaban J connectivity index is 2.05. The fourth-order valence-electron chi connectivity index (χ4n) is 2.97. The molecular weight excluding hydrogens is 375 g/mol. The lowest BCUT2D eigenvalue weighted by Gasteiger charge is -2.38. The van der Waals surface area contributed by atoms with E-state index in [9.17, 15) is 22.8 Å². The molecule has 1 fully saturated rings. The number of nitrogens with one attached hydrogen (secondary N) is 1. The summed E-state index contributed by atoms with van der Waals surface area (Å²) in [6.07, 6.45) is -3.75. The van der Waals surface area contributed by atoms with Crippen LogP contribution in [0.2, 0.25) is 0 Å². The van der Waals surface area contributed by atoms with Crippen LogP contribution in [0, 0.1) is 0 Å². The Hall–Kier alpha value is -2.45. The number of amides is 3. The van der Waals surface area contributed by atoms with Gasteiger partial charge in [-0.15, -0.1) is 0 Å². The molecule has 1 N–H and O–H groups in total. The van der Waals surface area contributed by atoms with E-state index in [1.807, 2.05) is 0 Å². The van der Waals surface area contributed by atoms with Crippen molar-refractivity contribution in [2.75, 3.05) is 25.5 Å². The molecule has 1 aliphatic rings. The van der Waals surface area contributed by atoms with Gasteiger partial charge in [-0.2, -0.15) is 13.2 Å². The van der Waals surface area contributed by atoms with E-state index in [1.165, 1.54) is 28.0 Å². The number of halogens is 3. The first kappa shape index (κ1) is 21.8. The van der Waals surface area contributed by atoms with Crippen molar-refractivity contribution in [2.24, 2.45) is 0 Å². The van der Waals surface area contributed by atoms with Gasteiger partial charge < -0.3 is 19.9 Å². The summed E-state index contributed by atoms with van der Waals surface area (Å²) in [4.78, 5) is 27.6. The number of rotatable bonds is 2. The standard InChI is InChI=1S/C19H26F3N3O3/c1-18(2,3)28-17(27)24(4)13-8-7-11-25(12-13)16(26)23-15-10-6-5-9-14(15)19(20,21)22/h5-6,9-10,13H,7-8,11-12H2,1-4H3,(H,23,26)/t13-/m1/s1. The molecular formula is C19H26F3N3O3. The molecule has 1 aromatic carbocycles. The topological polar surface area (TPSA) is 61.9 Å². The average Bonchev–Trinajstić information content (AvgIpc) is 2.59. The molecule has 0 radical (unpaired) electrons. The Kier molecular flexibility index (Phi) is 6.46. The number of nitrogens with zero attached hydrogens (tertiary/aromatic N) is 2. The van der Waals surface area contributed by atoms with Crippen LogP contribution in [-0.2, 0) is 10.9 Å². The van der Waals surface area contributed by atoms with Crippen LogP contribution >= 0.6 is 0 Å². The van der Waals surface area contributed by atoms with Crippen LogP contribution in [0.15, 0.2) is 24.3 Å². The van der Waals surface area contributed by atoms with E-state index >= 15 is 0 Å². The lowest BCUT2D eigenvalue weighted by atomic mass is 10.1. The summed E-state index contributed by atoms with van der Waals surface area (Å²) >= 11 is 0. The number of likely N-dealkylation sites (tertiary alicyclic amines) is 1. The number of anilines is 1. The van der Waals surface area contributed by atoms with Gasteiger partial charge in [-0.1, -0.05) is 12.1 Å². The number of benzene rings is 1. The van der Waals surface area contributed by atoms with Gasteiger partial charge in [-0.25, -0.2) is 9.59 Å². The number of ether oxygens (including phenoxy) is 1. The third-order valence-corrected chi connectivity index (χ3v) is 4.39. The molecule has 0 saturated carbocycles. The molecule has 156 valence electrons. The van der Waals surface area contributed by atoms with Gasteiger partial charge in [-0.3, -0.25) is 0 Å².